The molecular formula is C27H19BrF9N3O3. The van der Waals surface area contributed by atoms with Crippen LogP contribution in [0.1, 0.15) is 34.0 Å². The molecule has 2 amide bonds. The molecule has 3 aromatic rings. The molecule has 230 valence electrons. The molecule has 1 aliphatic rings. The van der Waals surface area contributed by atoms with Crippen LogP contribution in [0.3, 0.4) is 0 Å². The number of carbonyl (C=O) groups is 2. The Hall–Kier alpha value is -3.79. The summed E-state index contributed by atoms with van der Waals surface area (Å²) in [7, 11) is 0. The molecule has 0 radical (unpaired) electrons. The summed E-state index contributed by atoms with van der Waals surface area (Å²) in [5, 5.41) is 4.32. The molecule has 0 spiro atoms. The Kier molecular flexibility index (Phi) is 8.50. The van der Waals surface area contributed by atoms with E-state index in [9.17, 15) is 49.1 Å². The highest BCUT2D eigenvalue weighted by atomic mass is 79.9. The summed E-state index contributed by atoms with van der Waals surface area (Å²) in [6, 6.07) is 8.81. The zero-order valence-electron chi connectivity index (χ0n) is 21.6. The fraction of sp³-hybridized carbons (Fsp3) is 0.259. The number of amides is 2. The maximum atomic E-state index is 14.5. The third-order valence-corrected chi connectivity index (χ3v) is 6.87. The molecule has 0 bridgehead atoms. The third kappa shape index (κ3) is 6.74. The lowest BCUT2D eigenvalue weighted by molar-refractivity contribution is -0.269. The molecule has 0 fully saturated rings. The molecule has 43 heavy (non-hydrogen) atoms. The molecule has 1 aliphatic heterocycles. The summed E-state index contributed by atoms with van der Waals surface area (Å²) in [6.07, 6.45) is -14.3. The first-order chi connectivity index (χ1) is 19.8. The average molecular weight is 684 g/mol. The van der Waals surface area contributed by atoms with Crippen molar-refractivity contribution in [1.29, 1.82) is 0 Å². The van der Waals surface area contributed by atoms with Crippen LogP contribution in [0.25, 0.3) is 16.5 Å². The number of hydrogen-bond donors (Lipinski definition) is 3. The largest absolute Gasteiger partial charge is 0.428 e. The minimum absolute atomic E-state index is 0.0572. The van der Waals surface area contributed by atoms with E-state index in [1.54, 1.807) is 5.32 Å². The van der Waals surface area contributed by atoms with Crippen molar-refractivity contribution in [2.45, 2.75) is 37.1 Å². The minimum Gasteiger partial charge on any atom is -0.345 e. The van der Waals surface area contributed by atoms with Crippen LogP contribution in [0.5, 0.6) is 0 Å². The van der Waals surface area contributed by atoms with Gasteiger partial charge >= 0.3 is 18.5 Å². The Labute approximate surface area is 245 Å². The van der Waals surface area contributed by atoms with E-state index in [2.05, 4.69) is 26.7 Å². The van der Waals surface area contributed by atoms with Gasteiger partial charge in [0.05, 0.1) is 11.3 Å². The van der Waals surface area contributed by atoms with Crippen molar-refractivity contribution in [1.82, 2.24) is 16.1 Å². The zero-order chi connectivity index (χ0) is 32.0. The van der Waals surface area contributed by atoms with Crippen molar-refractivity contribution in [2.24, 2.45) is 0 Å². The summed E-state index contributed by atoms with van der Waals surface area (Å²) in [5.74, 6) is -1.96. The second-order valence-electron chi connectivity index (χ2n) is 9.46. The van der Waals surface area contributed by atoms with E-state index in [1.807, 2.05) is 0 Å². The highest BCUT2D eigenvalue weighted by molar-refractivity contribution is 9.10. The van der Waals surface area contributed by atoms with Gasteiger partial charge in [0.15, 0.2) is 0 Å². The molecule has 2 atom stereocenters. The number of fused-ring (bicyclic) bond motifs is 1. The molecule has 1 heterocycles. The quantitative estimate of drug-likeness (QED) is 0.251. The Morgan fingerprint density at radius 3 is 2.21 bits per heavy atom. The van der Waals surface area contributed by atoms with E-state index in [1.165, 1.54) is 36.4 Å². The molecular weight excluding hydrogens is 665 g/mol. The molecule has 0 saturated heterocycles. The van der Waals surface area contributed by atoms with Crippen molar-refractivity contribution < 1.29 is 53.9 Å². The van der Waals surface area contributed by atoms with Crippen LogP contribution in [-0.4, -0.2) is 36.8 Å². The van der Waals surface area contributed by atoms with E-state index in [0.717, 1.165) is 13.0 Å². The molecule has 0 aromatic heterocycles. The lowest BCUT2D eigenvalue weighted by atomic mass is 9.89. The first-order valence-corrected chi connectivity index (χ1v) is 12.9. The maximum absolute atomic E-state index is 14.5. The van der Waals surface area contributed by atoms with Gasteiger partial charge in [0.25, 0.3) is 5.91 Å². The van der Waals surface area contributed by atoms with Gasteiger partial charge in [-0.05, 0) is 48.0 Å². The van der Waals surface area contributed by atoms with Gasteiger partial charge in [-0.2, -0.15) is 39.5 Å². The van der Waals surface area contributed by atoms with E-state index >= 15 is 0 Å². The number of alkyl halides is 9. The van der Waals surface area contributed by atoms with Gasteiger partial charge in [-0.3, -0.25) is 19.9 Å². The smallest absolute Gasteiger partial charge is 0.345 e. The van der Waals surface area contributed by atoms with Gasteiger partial charge in [0.2, 0.25) is 11.5 Å². The van der Waals surface area contributed by atoms with Gasteiger partial charge in [-0.1, -0.05) is 46.3 Å². The summed E-state index contributed by atoms with van der Waals surface area (Å²) < 4.78 is 121. The first kappa shape index (κ1) is 32.1. The Bertz CT molecular complexity index is 1600. The standard InChI is InChI=1S/C27H19BrF9N3O3/c1-13(22(41)38-12-25(29,30)31)39-23(42)20-7-6-19(17-4-2-3-5-18(17)20)21-11-24(43-40-21,27(35,36)37)14-8-15(26(32,33)34)10-16(28)9-14/h2-11,13,40H,12H2,1H3,(H,38,41)(H,39,42). The molecule has 3 aromatic carbocycles. The normalized spacial score (nSPS) is 18.2. The van der Waals surface area contributed by atoms with Crippen molar-refractivity contribution in [3.8, 4) is 0 Å². The fourth-order valence-corrected chi connectivity index (χ4v) is 4.85. The van der Waals surface area contributed by atoms with E-state index < -0.39 is 59.7 Å². The van der Waals surface area contributed by atoms with Crippen LogP contribution in [0.4, 0.5) is 39.5 Å². The van der Waals surface area contributed by atoms with E-state index in [-0.39, 0.29) is 32.1 Å². The highest BCUT2D eigenvalue weighted by Gasteiger charge is 2.60. The summed E-state index contributed by atoms with van der Waals surface area (Å²) >= 11 is 2.82. The number of halogens is 10. The predicted octanol–water partition coefficient (Wildman–Crippen LogP) is 6.75. The van der Waals surface area contributed by atoms with Crippen LogP contribution in [-0.2, 0) is 21.4 Å². The number of carbonyl (C=O) groups excluding carboxylic acids is 2. The maximum Gasteiger partial charge on any atom is 0.428 e. The molecule has 6 nitrogen and oxygen atoms in total. The number of benzene rings is 3. The molecule has 16 heteroatoms. The first-order valence-electron chi connectivity index (χ1n) is 12.1. The molecule has 3 N–H and O–H groups in total. The minimum atomic E-state index is -5.23. The highest BCUT2D eigenvalue weighted by Crippen LogP contribution is 2.49. The van der Waals surface area contributed by atoms with Crippen LogP contribution in [0.2, 0.25) is 0 Å². The summed E-state index contributed by atoms with van der Waals surface area (Å²) in [4.78, 5) is 29.9. The Morgan fingerprint density at radius 1 is 0.953 bits per heavy atom. The molecule has 2 unspecified atom stereocenters. The van der Waals surface area contributed by atoms with Crippen LogP contribution < -0.4 is 16.1 Å². The monoisotopic (exact) mass is 683 g/mol. The molecule has 0 saturated carbocycles. The lowest BCUT2D eigenvalue weighted by Crippen LogP contribution is -2.47. The van der Waals surface area contributed by atoms with Crippen LogP contribution in [0, 0.1) is 0 Å². The SMILES string of the molecule is CC(NC(=O)c1ccc(C2=CC(c3cc(Br)cc(C(F)(F)F)c3)(C(F)(F)F)ON2)c2ccccc12)C(=O)NCC(F)(F)F. The second kappa shape index (κ2) is 11.4. The van der Waals surface area contributed by atoms with Crippen molar-refractivity contribution in [3.05, 3.63) is 87.4 Å². The van der Waals surface area contributed by atoms with Crippen LogP contribution >= 0.6 is 15.9 Å². The molecule has 4 rings (SSSR count). The van der Waals surface area contributed by atoms with Crippen LogP contribution in [0.15, 0.2) is 65.1 Å². The van der Waals surface area contributed by atoms with Crippen molar-refractivity contribution in [3.63, 3.8) is 0 Å². The third-order valence-electron chi connectivity index (χ3n) is 6.41. The van der Waals surface area contributed by atoms with Crippen molar-refractivity contribution in [2.75, 3.05) is 6.54 Å². The summed E-state index contributed by atoms with van der Waals surface area (Å²) in [5.41, 5.74) is -3.61. The molecule has 0 aliphatic carbocycles. The average Bonchev–Trinajstić information content (AvgIpc) is 3.37. The van der Waals surface area contributed by atoms with E-state index in [4.69, 9.17) is 4.84 Å². The number of nitrogens with one attached hydrogen (secondary N) is 3. The van der Waals surface area contributed by atoms with Gasteiger partial charge in [0, 0.05) is 21.2 Å². The summed E-state index contributed by atoms with van der Waals surface area (Å²) in [6.45, 7) is -0.446. The van der Waals surface area contributed by atoms with E-state index in [0.29, 0.717) is 18.2 Å². The predicted molar refractivity (Wildman–Crippen MR) is 139 cm³/mol. The second-order valence-corrected chi connectivity index (χ2v) is 10.4. The zero-order valence-corrected chi connectivity index (χ0v) is 23.1. The number of hydrogen-bond acceptors (Lipinski definition) is 4. The number of hydroxylamine groups is 1. The fourth-order valence-electron chi connectivity index (χ4n) is 4.36. The number of rotatable bonds is 6. The Balaban J connectivity index is 1.73. The topological polar surface area (TPSA) is 79.5 Å². The Morgan fingerprint density at radius 2 is 1.60 bits per heavy atom. The van der Waals surface area contributed by atoms with Gasteiger partial charge in [0.1, 0.15) is 12.6 Å². The van der Waals surface area contributed by atoms with Crippen molar-refractivity contribution >= 4 is 44.2 Å². The van der Waals surface area contributed by atoms with Gasteiger partial charge in [-0.25, -0.2) is 0 Å². The lowest BCUT2D eigenvalue weighted by Gasteiger charge is -2.29. The van der Waals surface area contributed by atoms with Gasteiger partial charge < -0.3 is 10.6 Å². The van der Waals surface area contributed by atoms with Gasteiger partial charge in [-0.15, -0.1) is 0 Å².